The van der Waals surface area contributed by atoms with Crippen LogP contribution in [-0.2, 0) is 16.9 Å². The summed E-state index contributed by atoms with van der Waals surface area (Å²) in [4.78, 5) is 31.4. The van der Waals surface area contributed by atoms with Crippen molar-refractivity contribution >= 4 is 29.0 Å². The van der Waals surface area contributed by atoms with Crippen molar-refractivity contribution in [2.24, 2.45) is 0 Å². The van der Waals surface area contributed by atoms with E-state index in [0.717, 1.165) is 5.56 Å². The third-order valence-electron chi connectivity index (χ3n) is 4.84. The number of pyridine rings is 1. The molecule has 0 saturated heterocycles. The third-order valence-corrected chi connectivity index (χ3v) is 5.07. The highest BCUT2D eigenvalue weighted by atomic mass is 35.5. The van der Waals surface area contributed by atoms with Gasteiger partial charge in [-0.05, 0) is 35.9 Å². The Balaban J connectivity index is 1.69. The minimum absolute atomic E-state index is 0.217. The third kappa shape index (κ3) is 3.19. The molecule has 140 valence electrons. The average Bonchev–Trinajstić information content (AvgIpc) is 2.91. The molecule has 1 atom stereocenters. The summed E-state index contributed by atoms with van der Waals surface area (Å²) >= 11 is 6.06. The molecule has 0 radical (unpaired) electrons. The van der Waals surface area contributed by atoms with Crippen LogP contribution in [0, 0.1) is 0 Å². The quantitative estimate of drug-likeness (QED) is 0.671. The Labute approximate surface area is 167 Å². The van der Waals surface area contributed by atoms with E-state index in [1.54, 1.807) is 60.7 Å². The van der Waals surface area contributed by atoms with Crippen molar-refractivity contribution in [3.63, 3.8) is 0 Å². The van der Waals surface area contributed by atoms with Gasteiger partial charge in [-0.15, -0.1) is 0 Å². The van der Waals surface area contributed by atoms with Crippen molar-refractivity contribution in [2.45, 2.75) is 18.6 Å². The van der Waals surface area contributed by atoms with Crippen molar-refractivity contribution in [3.8, 4) is 0 Å². The molecule has 28 heavy (non-hydrogen) atoms. The number of fused-ring (bicyclic) bond motifs is 1. The molecule has 4 rings (SSSR count). The van der Waals surface area contributed by atoms with Crippen LogP contribution in [0.5, 0.6) is 0 Å². The molecular weight excluding hydrogens is 376 g/mol. The number of aromatic nitrogens is 1. The van der Waals surface area contributed by atoms with Crippen molar-refractivity contribution in [1.29, 1.82) is 0 Å². The van der Waals surface area contributed by atoms with E-state index in [-0.39, 0.29) is 18.7 Å². The fourth-order valence-electron chi connectivity index (χ4n) is 3.50. The number of para-hydroxylation sites is 1. The first-order chi connectivity index (χ1) is 13.5. The van der Waals surface area contributed by atoms with Gasteiger partial charge in [0.2, 0.25) is 0 Å². The fourth-order valence-corrected chi connectivity index (χ4v) is 3.72. The first-order valence-electron chi connectivity index (χ1n) is 8.81. The Morgan fingerprint density at radius 1 is 1.07 bits per heavy atom. The van der Waals surface area contributed by atoms with Crippen molar-refractivity contribution < 1.29 is 14.7 Å². The Morgan fingerprint density at radius 3 is 2.61 bits per heavy atom. The van der Waals surface area contributed by atoms with Gasteiger partial charge in [0.25, 0.3) is 5.91 Å². The predicted molar refractivity (Wildman–Crippen MR) is 106 cm³/mol. The first-order valence-corrected chi connectivity index (χ1v) is 9.19. The molecule has 0 aliphatic carbocycles. The number of carbonyl (C=O) groups excluding carboxylic acids is 2. The number of halogens is 1. The number of carbonyl (C=O) groups is 2. The van der Waals surface area contributed by atoms with Crippen LogP contribution in [0.15, 0.2) is 72.9 Å². The van der Waals surface area contributed by atoms with Crippen LogP contribution >= 0.6 is 11.6 Å². The Bertz CT molecular complexity index is 1050. The number of hydrogen-bond donors (Lipinski definition) is 1. The lowest BCUT2D eigenvalue weighted by Gasteiger charge is -2.22. The van der Waals surface area contributed by atoms with Crippen LogP contribution < -0.4 is 4.90 Å². The molecule has 0 unspecified atom stereocenters. The number of aliphatic hydroxyl groups is 1. The van der Waals surface area contributed by atoms with Gasteiger partial charge in [0.05, 0.1) is 18.7 Å². The van der Waals surface area contributed by atoms with Crippen molar-refractivity contribution in [2.75, 3.05) is 4.90 Å². The standard InChI is InChI=1S/C22H17ClN2O3/c23-16-7-5-6-15(12-16)14-25-19-10-2-1-8-17(19)22(28,21(25)27)13-20(26)18-9-3-4-11-24-18/h1-12,28H,13-14H2/t22-/m1/s1. The summed E-state index contributed by atoms with van der Waals surface area (Å²) in [5.41, 5.74) is 0.129. The smallest absolute Gasteiger partial charge is 0.264 e. The van der Waals surface area contributed by atoms with E-state index in [2.05, 4.69) is 4.98 Å². The van der Waals surface area contributed by atoms with Gasteiger partial charge < -0.3 is 10.0 Å². The largest absolute Gasteiger partial charge is 0.375 e. The highest BCUT2D eigenvalue weighted by molar-refractivity contribution is 6.30. The van der Waals surface area contributed by atoms with E-state index in [4.69, 9.17) is 11.6 Å². The fraction of sp³-hybridized carbons (Fsp3) is 0.136. The number of ketones is 1. The molecule has 1 aliphatic rings. The summed E-state index contributed by atoms with van der Waals surface area (Å²) in [5.74, 6) is -0.922. The maximum absolute atomic E-state index is 13.2. The number of Topliss-reactive ketones (excluding diaryl/α,β-unsaturated/α-hetero) is 1. The molecule has 1 amide bonds. The van der Waals surface area contributed by atoms with Crippen LogP contribution in [0.25, 0.3) is 0 Å². The predicted octanol–water partition coefficient (Wildman–Crippen LogP) is 3.74. The van der Waals surface area contributed by atoms with Crippen LogP contribution in [0.3, 0.4) is 0 Å². The monoisotopic (exact) mass is 392 g/mol. The van der Waals surface area contributed by atoms with E-state index in [1.807, 2.05) is 6.07 Å². The molecule has 1 aromatic heterocycles. The zero-order chi connectivity index (χ0) is 19.7. The molecule has 6 heteroatoms. The van der Waals surface area contributed by atoms with E-state index in [9.17, 15) is 14.7 Å². The molecule has 5 nitrogen and oxygen atoms in total. The lowest BCUT2D eigenvalue weighted by Crippen LogP contribution is -2.41. The minimum atomic E-state index is -1.93. The zero-order valence-electron chi connectivity index (χ0n) is 14.9. The summed E-state index contributed by atoms with van der Waals surface area (Å²) in [6.45, 7) is 0.247. The highest BCUT2D eigenvalue weighted by Gasteiger charge is 2.50. The maximum atomic E-state index is 13.2. The molecule has 2 aromatic carbocycles. The average molecular weight is 393 g/mol. The number of hydrogen-bond acceptors (Lipinski definition) is 4. The van der Waals surface area contributed by atoms with Gasteiger partial charge >= 0.3 is 0 Å². The van der Waals surface area contributed by atoms with Gasteiger partial charge in [-0.2, -0.15) is 0 Å². The molecule has 1 aliphatic heterocycles. The molecule has 3 aromatic rings. The minimum Gasteiger partial charge on any atom is -0.375 e. The lowest BCUT2D eigenvalue weighted by molar-refractivity contribution is -0.136. The summed E-state index contributed by atoms with van der Waals surface area (Å²) in [6.07, 6.45) is 1.14. The second kappa shape index (κ2) is 7.19. The molecule has 1 N–H and O–H groups in total. The molecule has 0 spiro atoms. The normalized spacial score (nSPS) is 18.2. The van der Waals surface area contributed by atoms with Crippen molar-refractivity contribution in [1.82, 2.24) is 4.98 Å². The Kier molecular flexibility index (Phi) is 4.71. The Hall–Kier alpha value is -3.02. The number of rotatable bonds is 5. The van der Waals surface area contributed by atoms with Crippen LogP contribution in [0.2, 0.25) is 5.02 Å². The van der Waals surface area contributed by atoms with Gasteiger partial charge in [-0.1, -0.05) is 48.0 Å². The van der Waals surface area contributed by atoms with Crippen LogP contribution in [0.4, 0.5) is 5.69 Å². The van der Waals surface area contributed by atoms with Crippen molar-refractivity contribution in [3.05, 3.63) is 94.8 Å². The molecule has 0 saturated carbocycles. The van der Waals surface area contributed by atoms with E-state index in [1.165, 1.54) is 11.1 Å². The van der Waals surface area contributed by atoms with Crippen LogP contribution in [0.1, 0.15) is 28.0 Å². The summed E-state index contributed by atoms with van der Waals surface area (Å²) in [6, 6.07) is 19.1. The van der Waals surface area contributed by atoms with Crippen LogP contribution in [-0.4, -0.2) is 21.8 Å². The number of anilines is 1. The molecule has 0 fully saturated rings. The van der Waals surface area contributed by atoms with Gasteiger partial charge in [0.15, 0.2) is 11.4 Å². The summed E-state index contributed by atoms with van der Waals surface area (Å²) < 4.78 is 0. The van der Waals surface area contributed by atoms with Gasteiger partial charge in [0.1, 0.15) is 5.69 Å². The summed E-state index contributed by atoms with van der Waals surface area (Å²) in [7, 11) is 0. The second-order valence-electron chi connectivity index (χ2n) is 6.71. The van der Waals surface area contributed by atoms with E-state index in [0.29, 0.717) is 16.3 Å². The molecule has 2 heterocycles. The Morgan fingerprint density at radius 2 is 1.86 bits per heavy atom. The summed E-state index contributed by atoms with van der Waals surface area (Å²) in [5, 5.41) is 11.8. The van der Waals surface area contributed by atoms with Gasteiger partial charge in [-0.25, -0.2) is 0 Å². The van der Waals surface area contributed by atoms with E-state index < -0.39 is 17.3 Å². The highest BCUT2D eigenvalue weighted by Crippen LogP contribution is 2.43. The maximum Gasteiger partial charge on any atom is 0.264 e. The second-order valence-corrected chi connectivity index (χ2v) is 7.15. The first kappa shape index (κ1) is 18.3. The number of nitrogens with zero attached hydrogens (tertiary/aromatic N) is 2. The topological polar surface area (TPSA) is 70.5 Å². The van der Waals surface area contributed by atoms with E-state index >= 15 is 0 Å². The SMILES string of the molecule is O=C(C[C@]1(O)C(=O)N(Cc2cccc(Cl)c2)c2ccccc21)c1ccccn1. The van der Waals surface area contributed by atoms with Gasteiger partial charge in [0, 0.05) is 16.8 Å². The molecule has 0 bridgehead atoms. The number of benzene rings is 2. The zero-order valence-corrected chi connectivity index (χ0v) is 15.6. The lowest BCUT2D eigenvalue weighted by atomic mass is 9.89. The molecular formula is C22H17ClN2O3. The number of amides is 1. The van der Waals surface area contributed by atoms with Gasteiger partial charge in [-0.3, -0.25) is 14.6 Å².